The van der Waals surface area contributed by atoms with Crippen LogP contribution in [-0.4, -0.2) is 13.1 Å². The number of nitriles is 1. The van der Waals surface area contributed by atoms with Crippen LogP contribution in [0.2, 0.25) is 0 Å². The molecule has 0 heterocycles. The van der Waals surface area contributed by atoms with Crippen LogP contribution in [0.25, 0.3) is 0 Å². The minimum atomic E-state index is -0.760. The Morgan fingerprint density at radius 3 is 2.37 bits per heavy atom. The lowest BCUT2D eigenvalue weighted by Crippen LogP contribution is -2.17. The van der Waals surface area contributed by atoms with E-state index >= 15 is 0 Å². The molecule has 0 saturated heterocycles. The third kappa shape index (κ3) is 5.76. The number of carbonyl (C=O) groups is 1. The van der Waals surface area contributed by atoms with Crippen LogP contribution in [0.3, 0.4) is 0 Å². The van der Waals surface area contributed by atoms with Gasteiger partial charge in [0.05, 0.1) is 18.7 Å². The van der Waals surface area contributed by atoms with Gasteiger partial charge in [0.15, 0.2) is 6.23 Å². The maximum absolute atomic E-state index is 11.7. The zero-order valence-electron chi connectivity index (χ0n) is 16.8. The molecule has 152 valence electrons. The molecule has 30 heavy (non-hydrogen) atoms. The van der Waals surface area contributed by atoms with Crippen molar-refractivity contribution >= 4 is 11.7 Å². The molecular weight excluding hydrogens is 380 g/mol. The molecule has 3 rings (SSSR count). The molecule has 0 bridgehead atoms. The van der Waals surface area contributed by atoms with Gasteiger partial charge < -0.3 is 19.5 Å². The smallest absolute Gasteiger partial charge is 0.304 e. The fourth-order valence-electron chi connectivity index (χ4n) is 2.83. The monoisotopic (exact) mass is 402 g/mol. The summed E-state index contributed by atoms with van der Waals surface area (Å²) in [5, 5.41) is 12.1. The number of anilines is 1. The minimum Gasteiger partial charge on any atom is -0.497 e. The first-order valence-corrected chi connectivity index (χ1v) is 9.37. The molecule has 6 nitrogen and oxygen atoms in total. The van der Waals surface area contributed by atoms with Crippen LogP contribution in [0.5, 0.6) is 11.5 Å². The summed E-state index contributed by atoms with van der Waals surface area (Å²) in [6.45, 7) is 1.75. The van der Waals surface area contributed by atoms with Gasteiger partial charge in [-0.2, -0.15) is 5.26 Å². The van der Waals surface area contributed by atoms with E-state index in [0.29, 0.717) is 34.9 Å². The van der Waals surface area contributed by atoms with Crippen LogP contribution in [0.4, 0.5) is 5.69 Å². The molecule has 3 aromatic rings. The average molecular weight is 402 g/mol. The molecule has 0 aliphatic rings. The van der Waals surface area contributed by atoms with Crippen LogP contribution in [0.15, 0.2) is 72.8 Å². The molecule has 0 spiro atoms. The lowest BCUT2D eigenvalue weighted by Gasteiger charge is -2.21. The summed E-state index contributed by atoms with van der Waals surface area (Å²) in [7, 11) is 1.56. The summed E-state index contributed by atoms with van der Waals surface area (Å²) in [5.74, 6) is 0.733. The summed E-state index contributed by atoms with van der Waals surface area (Å²) in [6.07, 6.45) is -0.760. The largest absolute Gasteiger partial charge is 0.497 e. The molecule has 0 radical (unpaired) electrons. The Bertz CT molecular complexity index is 1030. The SMILES string of the molecule is COc1cc(OCc2ccccc2)cc(C(Nc2ccc(C#N)cc2)OC(C)=O)c1. The van der Waals surface area contributed by atoms with E-state index in [1.165, 1.54) is 6.92 Å². The molecule has 0 aromatic heterocycles. The van der Waals surface area contributed by atoms with Crippen LogP contribution in [0.1, 0.15) is 29.8 Å². The highest BCUT2D eigenvalue weighted by molar-refractivity contribution is 5.67. The zero-order chi connectivity index (χ0) is 21.3. The van der Waals surface area contributed by atoms with Crippen LogP contribution in [0, 0.1) is 11.3 Å². The van der Waals surface area contributed by atoms with Crippen molar-refractivity contribution in [2.75, 3.05) is 12.4 Å². The number of carbonyl (C=O) groups excluding carboxylic acids is 1. The highest BCUT2D eigenvalue weighted by Gasteiger charge is 2.17. The third-order valence-corrected chi connectivity index (χ3v) is 4.28. The lowest BCUT2D eigenvalue weighted by atomic mass is 10.1. The van der Waals surface area contributed by atoms with Gasteiger partial charge in [-0.25, -0.2) is 0 Å². The minimum absolute atomic E-state index is 0.398. The van der Waals surface area contributed by atoms with E-state index in [0.717, 1.165) is 5.56 Å². The van der Waals surface area contributed by atoms with Crippen molar-refractivity contribution in [2.45, 2.75) is 19.8 Å². The van der Waals surface area contributed by atoms with Crippen LogP contribution >= 0.6 is 0 Å². The Kier molecular flexibility index (Phi) is 6.91. The van der Waals surface area contributed by atoms with Crippen molar-refractivity contribution in [3.05, 3.63) is 89.5 Å². The second-order valence-corrected chi connectivity index (χ2v) is 6.54. The normalized spacial score (nSPS) is 11.1. The van der Waals surface area contributed by atoms with Crippen molar-refractivity contribution in [3.63, 3.8) is 0 Å². The van der Waals surface area contributed by atoms with Crippen molar-refractivity contribution in [2.24, 2.45) is 0 Å². The quantitative estimate of drug-likeness (QED) is 0.430. The van der Waals surface area contributed by atoms with Gasteiger partial charge in [-0.15, -0.1) is 0 Å². The topological polar surface area (TPSA) is 80.6 Å². The summed E-state index contributed by atoms with van der Waals surface area (Å²) in [6, 6.07) is 24.1. The molecule has 1 atom stereocenters. The molecule has 0 aliphatic heterocycles. The van der Waals surface area contributed by atoms with E-state index in [9.17, 15) is 4.79 Å². The first-order valence-electron chi connectivity index (χ1n) is 9.37. The standard InChI is InChI=1S/C24H22N2O4/c1-17(27)30-24(26-21-10-8-18(15-25)9-11-21)20-12-22(28-2)14-23(13-20)29-16-19-6-4-3-5-7-19/h3-14,24,26H,16H2,1-2H3. The fraction of sp³-hybridized carbons (Fsp3) is 0.167. The highest BCUT2D eigenvalue weighted by Crippen LogP contribution is 2.30. The first-order chi connectivity index (χ1) is 14.6. The number of rotatable bonds is 8. The lowest BCUT2D eigenvalue weighted by molar-refractivity contribution is -0.145. The molecule has 0 aliphatic carbocycles. The van der Waals surface area contributed by atoms with E-state index < -0.39 is 12.2 Å². The molecule has 1 N–H and O–H groups in total. The maximum Gasteiger partial charge on any atom is 0.304 e. The van der Waals surface area contributed by atoms with E-state index in [4.69, 9.17) is 19.5 Å². The van der Waals surface area contributed by atoms with Gasteiger partial charge in [0.1, 0.15) is 18.1 Å². The van der Waals surface area contributed by atoms with E-state index in [1.54, 1.807) is 49.6 Å². The van der Waals surface area contributed by atoms with E-state index in [-0.39, 0.29) is 0 Å². The second-order valence-electron chi connectivity index (χ2n) is 6.54. The predicted molar refractivity (Wildman–Crippen MR) is 113 cm³/mol. The molecular formula is C24H22N2O4. The molecule has 1 unspecified atom stereocenters. The number of methoxy groups -OCH3 is 1. The number of hydrogen-bond donors (Lipinski definition) is 1. The summed E-state index contributed by atoms with van der Waals surface area (Å²) < 4.78 is 16.8. The van der Waals surface area contributed by atoms with Crippen molar-refractivity contribution in [1.82, 2.24) is 0 Å². The van der Waals surface area contributed by atoms with Crippen molar-refractivity contribution in [1.29, 1.82) is 5.26 Å². The number of ether oxygens (including phenoxy) is 3. The number of hydrogen-bond acceptors (Lipinski definition) is 6. The molecule has 0 amide bonds. The van der Waals surface area contributed by atoms with E-state index in [2.05, 4.69) is 11.4 Å². The van der Waals surface area contributed by atoms with Gasteiger partial charge in [0.2, 0.25) is 0 Å². The van der Waals surface area contributed by atoms with Crippen molar-refractivity contribution in [3.8, 4) is 17.6 Å². The predicted octanol–water partition coefficient (Wildman–Crippen LogP) is 4.82. The number of nitrogens with zero attached hydrogens (tertiary/aromatic N) is 1. The highest BCUT2D eigenvalue weighted by atomic mass is 16.6. The molecule has 0 saturated carbocycles. The maximum atomic E-state index is 11.7. The first kappa shape index (κ1) is 20.7. The van der Waals surface area contributed by atoms with Gasteiger partial charge in [-0.05, 0) is 42.0 Å². The summed E-state index contributed by atoms with van der Waals surface area (Å²) in [5.41, 5.74) is 2.95. The van der Waals surface area contributed by atoms with Gasteiger partial charge in [-0.3, -0.25) is 4.79 Å². The van der Waals surface area contributed by atoms with Gasteiger partial charge in [-0.1, -0.05) is 30.3 Å². The Hall–Kier alpha value is -3.98. The molecule has 3 aromatic carbocycles. The van der Waals surface area contributed by atoms with Crippen molar-refractivity contribution < 1.29 is 19.0 Å². The molecule has 6 heteroatoms. The third-order valence-electron chi connectivity index (χ3n) is 4.28. The summed E-state index contributed by atoms with van der Waals surface area (Å²) >= 11 is 0. The fourth-order valence-corrected chi connectivity index (χ4v) is 2.83. The number of benzene rings is 3. The van der Waals surface area contributed by atoms with Gasteiger partial charge in [0, 0.05) is 24.2 Å². The number of nitrogens with one attached hydrogen (secondary N) is 1. The molecule has 0 fully saturated rings. The van der Waals surface area contributed by atoms with Crippen LogP contribution in [-0.2, 0) is 16.1 Å². The zero-order valence-corrected chi connectivity index (χ0v) is 16.8. The Balaban J connectivity index is 1.85. The van der Waals surface area contributed by atoms with Crippen LogP contribution < -0.4 is 14.8 Å². The number of esters is 1. The Labute approximate surface area is 175 Å². The Morgan fingerprint density at radius 2 is 1.73 bits per heavy atom. The van der Waals surface area contributed by atoms with E-state index in [1.807, 2.05) is 30.3 Å². The summed E-state index contributed by atoms with van der Waals surface area (Å²) in [4.78, 5) is 11.7. The van der Waals surface area contributed by atoms with Gasteiger partial charge >= 0.3 is 5.97 Å². The van der Waals surface area contributed by atoms with Gasteiger partial charge in [0.25, 0.3) is 0 Å². The second kappa shape index (κ2) is 9.99. The Morgan fingerprint density at radius 1 is 1.03 bits per heavy atom. The average Bonchev–Trinajstić information content (AvgIpc) is 2.78.